The monoisotopic (exact) mass is 224 g/mol. The molecule has 0 fully saturated rings. The second-order valence-electron chi connectivity index (χ2n) is 3.04. The van der Waals surface area contributed by atoms with Crippen molar-refractivity contribution in [1.29, 1.82) is 0 Å². The molecule has 0 aliphatic rings. The summed E-state index contributed by atoms with van der Waals surface area (Å²) in [7, 11) is 1.46. The highest BCUT2D eigenvalue weighted by Crippen LogP contribution is 2.16. The average Bonchev–Trinajstić information content (AvgIpc) is 2.28. The maximum absolute atomic E-state index is 10.6. The van der Waals surface area contributed by atoms with E-state index in [0.29, 0.717) is 18.0 Å². The highest BCUT2D eigenvalue weighted by atomic mass is 16.5. The number of aromatic nitrogens is 1. The maximum atomic E-state index is 10.6. The van der Waals surface area contributed by atoms with Gasteiger partial charge in [0.05, 0.1) is 25.3 Å². The van der Waals surface area contributed by atoms with E-state index >= 15 is 0 Å². The number of carboxylic acids is 1. The molecule has 86 valence electrons. The molecule has 1 heterocycles. The van der Waals surface area contributed by atoms with Crippen LogP contribution in [0.1, 0.15) is 18.2 Å². The number of amides is 1. The molecule has 1 aromatic heterocycles. The zero-order valence-corrected chi connectivity index (χ0v) is 8.71. The number of ether oxygens (including phenoxy) is 1. The number of carbonyl (C=O) groups excluding carboxylic acids is 1. The molecule has 0 aliphatic heterocycles. The number of nitrogens with zero attached hydrogens (tertiary/aromatic N) is 1. The molecule has 0 bridgehead atoms. The van der Waals surface area contributed by atoms with Gasteiger partial charge in [-0.2, -0.15) is 0 Å². The summed E-state index contributed by atoms with van der Waals surface area (Å²) < 4.78 is 4.91. The van der Waals surface area contributed by atoms with Crippen LogP contribution in [0.2, 0.25) is 0 Å². The quantitative estimate of drug-likeness (QED) is 0.681. The predicted octanol–water partition coefficient (Wildman–Crippen LogP) is 0.352. The first-order valence-electron chi connectivity index (χ1n) is 4.59. The fourth-order valence-corrected chi connectivity index (χ4v) is 1.24. The van der Waals surface area contributed by atoms with Crippen LogP contribution in [-0.2, 0) is 9.59 Å². The summed E-state index contributed by atoms with van der Waals surface area (Å²) >= 11 is 0. The minimum absolute atomic E-state index is 0.223. The molecule has 0 unspecified atom stereocenters. The first-order chi connectivity index (χ1) is 7.67. The Morgan fingerprint density at radius 3 is 3.00 bits per heavy atom. The summed E-state index contributed by atoms with van der Waals surface area (Å²) in [4.78, 5) is 25.0. The Morgan fingerprint density at radius 2 is 2.44 bits per heavy atom. The van der Waals surface area contributed by atoms with Crippen molar-refractivity contribution in [2.24, 2.45) is 0 Å². The standard InChI is InChI=1S/C10H12N2O4/c1-16-9-4-2-3-7(12-9)8(11-6-13)5-10(14)15/h2-4,6,8H,5H2,1H3,(H,11,13)(H,14,15)/t8-/m1/s1. The van der Waals surface area contributed by atoms with Crippen LogP contribution < -0.4 is 10.1 Å². The van der Waals surface area contributed by atoms with E-state index in [1.807, 2.05) is 0 Å². The molecule has 0 saturated carbocycles. The second-order valence-corrected chi connectivity index (χ2v) is 3.04. The summed E-state index contributed by atoms with van der Waals surface area (Å²) in [6, 6.07) is 4.31. The maximum Gasteiger partial charge on any atom is 0.305 e. The van der Waals surface area contributed by atoms with E-state index in [-0.39, 0.29) is 6.42 Å². The molecule has 2 N–H and O–H groups in total. The van der Waals surface area contributed by atoms with Gasteiger partial charge in [0.2, 0.25) is 12.3 Å². The Labute approximate surface area is 92.3 Å². The first kappa shape index (κ1) is 12.0. The lowest BCUT2D eigenvalue weighted by Gasteiger charge is -2.13. The molecule has 0 aliphatic carbocycles. The Kier molecular flexibility index (Phi) is 4.26. The molecule has 1 amide bonds. The van der Waals surface area contributed by atoms with E-state index in [0.717, 1.165) is 0 Å². The van der Waals surface area contributed by atoms with Gasteiger partial charge in [-0.3, -0.25) is 9.59 Å². The summed E-state index contributed by atoms with van der Waals surface area (Å²) in [5, 5.41) is 11.1. The number of hydrogen-bond acceptors (Lipinski definition) is 4. The summed E-state index contributed by atoms with van der Waals surface area (Å²) in [5.41, 5.74) is 0.453. The zero-order chi connectivity index (χ0) is 12.0. The molecule has 1 rings (SSSR count). The molecule has 16 heavy (non-hydrogen) atoms. The Bertz CT molecular complexity index is 381. The second kappa shape index (κ2) is 5.69. The van der Waals surface area contributed by atoms with Crippen LogP contribution >= 0.6 is 0 Å². The van der Waals surface area contributed by atoms with Crippen molar-refractivity contribution in [2.45, 2.75) is 12.5 Å². The van der Waals surface area contributed by atoms with Crippen LogP contribution in [-0.4, -0.2) is 29.6 Å². The van der Waals surface area contributed by atoms with Gasteiger partial charge < -0.3 is 15.2 Å². The van der Waals surface area contributed by atoms with Gasteiger partial charge in [-0.05, 0) is 6.07 Å². The Hall–Kier alpha value is -2.11. The number of methoxy groups -OCH3 is 1. The molecule has 0 radical (unpaired) electrons. The molecular formula is C10H12N2O4. The molecule has 0 aromatic carbocycles. The number of carboxylic acid groups (broad SMARTS) is 1. The van der Waals surface area contributed by atoms with Gasteiger partial charge in [0.25, 0.3) is 0 Å². The van der Waals surface area contributed by atoms with Crippen LogP contribution in [0.25, 0.3) is 0 Å². The average molecular weight is 224 g/mol. The van der Waals surface area contributed by atoms with Crippen LogP contribution in [0.15, 0.2) is 18.2 Å². The van der Waals surface area contributed by atoms with Crippen molar-refractivity contribution in [3.05, 3.63) is 23.9 Å². The first-order valence-corrected chi connectivity index (χ1v) is 4.59. The molecule has 0 saturated heterocycles. The van der Waals surface area contributed by atoms with Crippen molar-refractivity contribution in [2.75, 3.05) is 7.11 Å². The highest BCUT2D eigenvalue weighted by molar-refractivity contribution is 5.68. The topological polar surface area (TPSA) is 88.5 Å². The largest absolute Gasteiger partial charge is 0.481 e. The van der Waals surface area contributed by atoms with Gasteiger partial charge in [0.1, 0.15) is 0 Å². The van der Waals surface area contributed by atoms with Crippen LogP contribution in [0.5, 0.6) is 5.88 Å². The van der Waals surface area contributed by atoms with Crippen molar-refractivity contribution in [3.8, 4) is 5.88 Å². The third kappa shape index (κ3) is 3.23. The minimum Gasteiger partial charge on any atom is -0.481 e. The number of carbonyl (C=O) groups is 2. The van der Waals surface area contributed by atoms with Crippen molar-refractivity contribution >= 4 is 12.4 Å². The normalized spacial score (nSPS) is 11.6. The third-order valence-electron chi connectivity index (χ3n) is 1.96. The Morgan fingerprint density at radius 1 is 1.69 bits per heavy atom. The van der Waals surface area contributed by atoms with Gasteiger partial charge in [-0.15, -0.1) is 0 Å². The SMILES string of the molecule is COc1cccc([C@@H](CC(=O)O)NC=O)n1. The number of hydrogen-bond donors (Lipinski definition) is 2. The van der Waals surface area contributed by atoms with E-state index in [1.165, 1.54) is 7.11 Å². The van der Waals surface area contributed by atoms with Crippen LogP contribution in [0.3, 0.4) is 0 Å². The molecule has 1 aromatic rings. The number of nitrogens with one attached hydrogen (secondary N) is 1. The van der Waals surface area contributed by atoms with Gasteiger partial charge in [-0.25, -0.2) is 4.98 Å². The van der Waals surface area contributed by atoms with Gasteiger partial charge in [0.15, 0.2) is 0 Å². The van der Waals surface area contributed by atoms with Crippen molar-refractivity contribution < 1.29 is 19.4 Å². The van der Waals surface area contributed by atoms with E-state index in [1.54, 1.807) is 18.2 Å². The van der Waals surface area contributed by atoms with Crippen LogP contribution in [0.4, 0.5) is 0 Å². The molecular weight excluding hydrogens is 212 g/mol. The summed E-state index contributed by atoms with van der Waals surface area (Å²) in [5.74, 6) is -0.635. The number of pyridine rings is 1. The van der Waals surface area contributed by atoms with Crippen molar-refractivity contribution in [3.63, 3.8) is 0 Å². The Balaban J connectivity index is 2.90. The van der Waals surface area contributed by atoms with Crippen LogP contribution in [0, 0.1) is 0 Å². The van der Waals surface area contributed by atoms with E-state index in [4.69, 9.17) is 9.84 Å². The number of aliphatic carboxylic acids is 1. The lowest BCUT2D eigenvalue weighted by atomic mass is 10.1. The van der Waals surface area contributed by atoms with E-state index in [9.17, 15) is 9.59 Å². The highest BCUT2D eigenvalue weighted by Gasteiger charge is 2.16. The lowest BCUT2D eigenvalue weighted by molar-refractivity contribution is -0.137. The predicted molar refractivity (Wildman–Crippen MR) is 55.0 cm³/mol. The lowest BCUT2D eigenvalue weighted by Crippen LogP contribution is -2.23. The molecule has 6 heteroatoms. The molecule has 1 atom stereocenters. The van der Waals surface area contributed by atoms with Gasteiger partial charge >= 0.3 is 5.97 Å². The van der Waals surface area contributed by atoms with E-state index < -0.39 is 12.0 Å². The van der Waals surface area contributed by atoms with Gasteiger partial charge in [-0.1, -0.05) is 6.07 Å². The zero-order valence-electron chi connectivity index (χ0n) is 8.71. The summed E-state index contributed by atoms with van der Waals surface area (Å²) in [6.07, 6.45) is 0.230. The third-order valence-corrected chi connectivity index (χ3v) is 1.96. The van der Waals surface area contributed by atoms with Gasteiger partial charge in [0, 0.05) is 6.07 Å². The summed E-state index contributed by atoms with van der Waals surface area (Å²) in [6.45, 7) is 0. The van der Waals surface area contributed by atoms with Crippen molar-refractivity contribution in [1.82, 2.24) is 10.3 Å². The molecule has 6 nitrogen and oxygen atoms in total. The minimum atomic E-state index is -1.01. The fourth-order valence-electron chi connectivity index (χ4n) is 1.24. The number of rotatable bonds is 6. The molecule has 0 spiro atoms. The fraction of sp³-hybridized carbons (Fsp3) is 0.300. The van der Waals surface area contributed by atoms with E-state index in [2.05, 4.69) is 10.3 Å². The smallest absolute Gasteiger partial charge is 0.305 e.